The van der Waals surface area contributed by atoms with Crippen LogP contribution in [0.4, 0.5) is 10.1 Å². The summed E-state index contributed by atoms with van der Waals surface area (Å²) in [6.45, 7) is 0.937. The van der Waals surface area contributed by atoms with Crippen LogP contribution >= 0.6 is 11.3 Å². The maximum atomic E-state index is 13.7. The summed E-state index contributed by atoms with van der Waals surface area (Å²) in [7, 11) is 0. The lowest BCUT2D eigenvalue weighted by molar-refractivity contribution is -0.122. The van der Waals surface area contributed by atoms with Crippen molar-refractivity contribution in [1.29, 1.82) is 0 Å². The Labute approximate surface area is 114 Å². The van der Waals surface area contributed by atoms with Crippen molar-refractivity contribution in [1.82, 2.24) is 10.3 Å². The van der Waals surface area contributed by atoms with Gasteiger partial charge in [-0.25, -0.2) is 9.37 Å². The number of nitrogens with zero attached hydrogens (tertiary/aromatic N) is 1. The van der Waals surface area contributed by atoms with Crippen molar-refractivity contribution in [3.63, 3.8) is 0 Å². The van der Waals surface area contributed by atoms with Crippen LogP contribution in [-0.2, 0) is 4.79 Å². The molecule has 6 heteroatoms. The van der Waals surface area contributed by atoms with Gasteiger partial charge >= 0.3 is 0 Å². The zero-order valence-electron chi connectivity index (χ0n) is 10.2. The van der Waals surface area contributed by atoms with Gasteiger partial charge in [-0.15, -0.1) is 11.3 Å². The predicted octanol–water partition coefficient (Wildman–Crippen LogP) is 2.18. The summed E-state index contributed by atoms with van der Waals surface area (Å²) < 4.78 is 14.7. The van der Waals surface area contributed by atoms with E-state index in [0.717, 1.165) is 10.2 Å². The van der Waals surface area contributed by atoms with Gasteiger partial charge in [0.1, 0.15) is 6.17 Å². The lowest BCUT2D eigenvalue weighted by atomic mass is 9.95. The molecule has 2 heterocycles. The number of hydrogen-bond donors (Lipinski definition) is 2. The van der Waals surface area contributed by atoms with E-state index in [0.29, 0.717) is 18.7 Å². The molecule has 1 aromatic heterocycles. The lowest BCUT2D eigenvalue weighted by Crippen LogP contribution is -2.43. The minimum absolute atomic E-state index is 0.247. The summed E-state index contributed by atoms with van der Waals surface area (Å²) in [5.74, 6) is -0.809. The minimum atomic E-state index is -1.11. The van der Waals surface area contributed by atoms with Gasteiger partial charge in [-0.3, -0.25) is 4.79 Å². The quantitative estimate of drug-likeness (QED) is 0.886. The summed E-state index contributed by atoms with van der Waals surface area (Å²) in [4.78, 5) is 16.3. The van der Waals surface area contributed by atoms with E-state index in [4.69, 9.17) is 0 Å². The first-order chi connectivity index (χ1) is 9.24. The second-order valence-corrected chi connectivity index (χ2v) is 5.53. The molecule has 2 N–H and O–H groups in total. The molecule has 4 nitrogen and oxygen atoms in total. The number of halogens is 1. The number of nitrogens with one attached hydrogen (secondary N) is 2. The molecule has 100 valence electrons. The summed E-state index contributed by atoms with van der Waals surface area (Å²) >= 11 is 1.55. The van der Waals surface area contributed by atoms with Gasteiger partial charge in [0.2, 0.25) is 5.91 Å². The zero-order chi connectivity index (χ0) is 13.2. The first kappa shape index (κ1) is 12.5. The highest BCUT2D eigenvalue weighted by atomic mass is 32.1. The van der Waals surface area contributed by atoms with Gasteiger partial charge in [0.05, 0.1) is 21.6 Å². The molecule has 2 aromatic rings. The Hall–Kier alpha value is -1.53. The fraction of sp³-hybridized carbons (Fsp3) is 0.385. The highest BCUT2D eigenvalue weighted by molar-refractivity contribution is 7.16. The average Bonchev–Trinajstić information content (AvgIpc) is 2.86. The van der Waals surface area contributed by atoms with Gasteiger partial charge in [-0.05, 0) is 31.2 Å². The van der Waals surface area contributed by atoms with Crippen molar-refractivity contribution in [3.05, 3.63) is 23.7 Å². The molecule has 0 unspecified atom stereocenters. The maximum Gasteiger partial charge on any atom is 0.230 e. The second kappa shape index (κ2) is 5.22. The van der Waals surface area contributed by atoms with Gasteiger partial charge in [-0.2, -0.15) is 0 Å². The van der Waals surface area contributed by atoms with Crippen LogP contribution in [0.2, 0.25) is 0 Å². The largest absolute Gasteiger partial charge is 0.326 e. The number of alkyl halides is 1. The third-order valence-electron chi connectivity index (χ3n) is 3.34. The molecule has 1 saturated heterocycles. The molecular weight excluding hydrogens is 265 g/mol. The molecule has 1 aliphatic rings. The van der Waals surface area contributed by atoms with E-state index in [1.807, 2.05) is 18.2 Å². The first-order valence-corrected chi connectivity index (χ1v) is 7.11. The number of piperidine rings is 1. The molecule has 19 heavy (non-hydrogen) atoms. The fourth-order valence-corrected chi connectivity index (χ4v) is 2.95. The third-order valence-corrected chi connectivity index (χ3v) is 4.15. The number of thiazole rings is 1. The zero-order valence-corrected chi connectivity index (χ0v) is 11.0. The van der Waals surface area contributed by atoms with Crippen molar-refractivity contribution in [2.24, 2.45) is 5.92 Å². The molecular formula is C13H14FN3OS. The Balaban J connectivity index is 1.74. The van der Waals surface area contributed by atoms with Gasteiger partial charge < -0.3 is 10.6 Å². The SMILES string of the molecule is O=C(Nc1ccc2scnc2c1)[C@H]1CCNC[C@@H]1F. The minimum Gasteiger partial charge on any atom is -0.326 e. The number of hydrogen-bond acceptors (Lipinski definition) is 4. The standard InChI is InChI=1S/C13H14FN3OS/c14-10-6-15-4-3-9(10)13(18)17-8-1-2-12-11(5-8)16-7-19-12/h1-2,5,7,9-10,15H,3-4,6H2,(H,17,18)/t9-,10-/m0/s1. The van der Waals surface area contributed by atoms with E-state index < -0.39 is 12.1 Å². The van der Waals surface area contributed by atoms with E-state index in [1.54, 1.807) is 16.8 Å². The van der Waals surface area contributed by atoms with Crippen LogP contribution < -0.4 is 10.6 Å². The third kappa shape index (κ3) is 2.59. The monoisotopic (exact) mass is 279 g/mol. The van der Waals surface area contributed by atoms with Gasteiger partial charge in [0.15, 0.2) is 0 Å². The van der Waals surface area contributed by atoms with Crippen molar-refractivity contribution in [3.8, 4) is 0 Å². The van der Waals surface area contributed by atoms with Crippen LogP contribution in [0.25, 0.3) is 10.2 Å². The summed E-state index contributed by atoms with van der Waals surface area (Å²) in [5.41, 5.74) is 3.29. The highest BCUT2D eigenvalue weighted by Gasteiger charge is 2.30. The molecule has 3 rings (SSSR count). The molecule has 0 spiro atoms. The van der Waals surface area contributed by atoms with E-state index in [9.17, 15) is 9.18 Å². The first-order valence-electron chi connectivity index (χ1n) is 6.23. The normalized spacial score (nSPS) is 23.4. The highest BCUT2D eigenvalue weighted by Crippen LogP contribution is 2.23. The average molecular weight is 279 g/mol. The molecule has 0 aliphatic carbocycles. The van der Waals surface area contributed by atoms with Crippen LogP contribution in [0.3, 0.4) is 0 Å². The van der Waals surface area contributed by atoms with E-state index in [1.165, 1.54) is 0 Å². The summed E-state index contributed by atoms with van der Waals surface area (Å²) in [5, 5.41) is 5.72. The number of fused-ring (bicyclic) bond motifs is 1. The van der Waals surface area contributed by atoms with Gasteiger partial charge in [0.25, 0.3) is 0 Å². The molecule has 1 amide bonds. The summed E-state index contributed by atoms with van der Waals surface area (Å²) in [6, 6.07) is 5.56. The van der Waals surface area contributed by atoms with Crippen molar-refractivity contribution < 1.29 is 9.18 Å². The topological polar surface area (TPSA) is 54.0 Å². The van der Waals surface area contributed by atoms with Crippen molar-refractivity contribution >= 4 is 33.1 Å². The molecule has 0 radical (unpaired) electrons. The second-order valence-electron chi connectivity index (χ2n) is 4.64. The van der Waals surface area contributed by atoms with Crippen LogP contribution in [0.1, 0.15) is 6.42 Å². The molecule has 1 aliphatic heterocycles. The number of rotatable bonds is 2. The summed E-state index contributed by atoms with van der Waals surface area (Å²) in [6.07, 6.45) is -0.580. The van der Waals surface area contributed by atoms with Crippen LogP contribution in [-0.4, -0.2) is 30.2 Å². The Morgan fingerprint density at radius 3 is 3.26 bits per heavy atom. The number of anilines is 1. The number of amides is 1. The number of carbonyl (C=O) groups excluding carboxylic acids is 1. The number of benzene rings is 1. The van der Waals surface area contributed by atoms with E-state index in [-0.39, 0.29) is 12.5 Å². The van der Waals surface area contributed by atoms with Crippen LogP contribution in [0.15, 0.2) is 23.7 Å². The van der Waals surface area contributed by atoms with Gasteiger partial charge in [-0.1, -0.05) is 0 Å². The Kier molecular flexibility index (Phi) is 3.44. The van der Waals surface area contributed by atoms with Crippen molar-refractivity contribution in [2.75, 3.05) is 18.4 Å². The fourth-order valence-electron chi connectivity index (χ4n) is 2.29. The Morgan fingerprint density at radius 1 is 1.53 bits per heavy atom. The maximum absolute atomic E-state index is 13.7. The molecule has 1 aromatic carbocycles. The predicted molar refractivity (Wildman–Crippen MR) is 74.1 cm³/mol. The molecule has 0 bridgehead atoms. The van der Waals surface area contributed by atoms with Crippen LogP contribution in [0.5, 0.6) is 0 Å². The number of carbonyl (C=O) groups is 1. The molecule has 2 atom stereocenters. The number of aromatic nitrogens is 1. The smallest absolute Gasteiger partial charge is 0.230 e. The molecule has 1 fully saturated rings. The van der Waals surface area contributed by atoms with E-state index >= 15 is 0 Å². The Bertz CT molecular complexity index is 600. The van der Waals surface area contributed by atoms with Crippen molar-refractivity contribution in [2.45, 2.75) is 12.6 Å². The molecule has 0 saturated carbocycles. The van der Waals surface area contributed by atoms with Crippen LogP contribution in [0, 0.1) is 5.92 Å². The van der Waals surface area contributed by atoms with Gasteiger partial charge in [0, 0.05) is 12.2 Å². The van der Waals surface area contributed by atoms with E-state index in [2.05, 4.69) is 15.6 Å². The lowest BCUT2D eigenvalue weighted by Gasteiger charge is -2.25. The Morgan fingerprint density at radius 2 is 2.42 bits per heavy atom.